The Bertz CT molecular complexity index is 592. The average molecular weight is 316 g/mol. The molecule has 0 saturated heterocycles. The quantitative estimate of drug-likeness (QED) is 0.624. The fourth-order valence-electron chi connectivity index (χ4n) is 1.73. The van der Waals surface area contributed by atoms with Gasteiger partial charge in [-0.05, 0) is 36.1 Å². The molecule has 0 heterocycles. The highest BCUT2D eigenvalue weighted by Crippen LogP contribution is 2.18. The standard InChI is InChI=1S/C18H24N2O3/c1-5-23-15-8-6-13(7-9-15)10-14(11-19)17(22)20-12-16(21)18(2,3)4/h6-10,16,21H,5,12H2,1-4H3,(H,20,22)/b14-10-. The van der Waals surface area contributed by atoms with Crippen LogP contribution in [0.25, 0.3) is 6.08 Å². The Labute approximate surface area is 137 Å². The first-order valence-electron chi connectivity index (χ1n) is 7.59. The number of carbonyl (C=O) groups excluding carboxylic acids is 1. The van der Waals surface area contributed by atoms with Gasteiger partial charge in [0.2, 0.25) is 0 Å². The molecule has 0 aliphatic heterocycles. The molecule has 23 heavy (non-hydrogen) atoms. The molecule has 1 aromatic carbocycles. The van der Waals surface area contributed by atoms with Gasteiger partial charge in [-0.25, -0.2) is 0 Å². The van der Waals surface area contributed by atoms with Gasteiger partial charge in [0.15, 0.2) is 0 Å². The van der Waals surface area contributed by atoms with Gasteiger partial charge >= 0.3 is 0 Å². The molecule has 1 unspecified atom stereocenters. The van der Waals surface area contributed by atoms with Gasteiger partial charge < -0.3 is 15.2 Å². The summed E-state index contributed by atoms with van der Waals surface area (Å²) in [4.78, 5) is 12.0. The number of aliphatic hydroxyl groups excluding tert-OH is 1. The number of hydrogen-bond acceptors (Lipinski definition) is 4. The lowest BCUT2D eigenvalue weighted by Gasteiger charge is -2.25. The highest BCUT2D eigenvalue weighted by Gasteiger charge is 2.22. The molecule has 5 heteroatoms. The van der Waals surface area contributed by atoms with Gasteiger partial charge in [-0.2, -0.15) is 5.26 Å². The van der Waals surface area contributed by atoms with Crippen molar-refractivity contribution in [1.82, 2.24) is 5.32 Å². The van der Waals surface area contributed by atoms with Gasteiger partial charge in [-0.15, -0.1) is 0 Å². The van der Waals surface area contributed by atoms with Gasteiger partial charge in [-0.3, -0.25) is 4.79 Å². The van der Waals surface area contributed by atoms with Crippen LogP contribution in [-0.2, 0) is 4.79 Å². The van der Waals surface area contributed by atoms with E-state index in [2.05, 4.69) is 5.32 Å². The van der Waals surface area contributed by atoms with Crippen molar-refractivity contribution in [3.05, 3.63) is 35.4 Å². The smallest absolute Gasteiger partial charge is 0.262 e. The highest BCUT2D eigenvalue weighted by molar-refractivity contribution is 6.01. The predicted octanol–water partition coefficient (Wildman–Crippen LogP) is 2.52. The molecule has 124 valence electrons. The third-order valence-electron chi connectivity index (χ3n) is 3.32. The number of aliphatic hydroxyl groups is 1. The Hall–Kier alpha value is -2.32. The molecule has 0 aromatic heterocycles. The van der Waals surface area contributed by atoms with Crippen LogP contribution >= 0.6 is 0 Å². The number of amides is 1. The lowest BCUT2D eigenvalue weighted by molar-refractivity contribution is -0.117. The summed E-state index contributed by atoms with van der Waals surface area (Å²) < 4.78 is 5.34. The molecule has 0 aliphatic rings. The summed E-state index contributed by atoms with van der Waals surface area (Å²) in [5, 5.41) is 21.7. The maximum atomic E-state index is 12.0. The Morgan fingerprint density at radius 1 is 1.39 bits per heavy atom. The van der Waals surface area contributed by atoms with Crippen LogP contribution in [0.1, 0.15) is 33.3 Å². The lowest BCUT2D eigenvalue weighted by atomic mass is 9.89. The summed E-state index contributed by atoms with van der Waals surface area (Å²) in [5.74, 6) is 0.241. The summed E-state index contributed by atoms with van der Waals surface area (Å²) in [6.07, 6.45) is 0.825. The van der Waals surface area contributed by atoms with E-state index >= 15 is 0 Å². The monoisotopic (exact) mass is 316 g/mol. The summed E-state index contributed by atoms with van der Waals surface area (Å²) >= 11 is 0. The Morgan fingerprint density at radius 2 is 2.00 bits per heavy atom. The number of hydrogen-bond donors (Lipinski definition) is 2. The van der Waals surface area contributed by atoms with Gasteiger partial charge in [0, 0.05) is 6.54 Å². The molecule has 1 aromatic rings. The maximum Gasteiger partial charge on any atom is 0.262 e. The zero-order valence-corrected chi connectivity index (χ0v) is 14.1. The van der Waals surface area contributed by atoms with E-state index in [1.165, 1.54) is 6.08 Å². The largest absolute Gasteiger partial charge is 0.494 e. The SMILES string of the molecule is CCOc1ccc(/C=C(/C#N)C(=O)NCC(O)C(C)(C)C)cc1. The van der Waals surface area contributed by atoms with E-state index in [0.29, 0.717) is 6.61 Å². The van der Waals surface area contributed by atoms with Crippen LogP contribution in [0.2, 0.25) is 0 Å². The van der Waals surface area contributed by atoms with Gasteiger partial charge in [-0.1, -0.05) is 32.9 Å². The van der Waals surface area contributed by atoms with E-state index in [0.717, 1.165) is 11.3 Å². The Morgan fingerprint density at radius 3 is 2.48 bits per heavy atom. The van der Waals surface area contributed by atoms with E-state index in [9.17, 15) is 9.90 Å². The molecule has 0 bridgehead atoms. The molecule has 0 spiro atoms. The topological polar surface area (TPSA) is 82.3 Å². The van der Waals surface area contributed by atoms with Gasteiger partial charge in [0.25, 0.3) is 5.91 Å². The van der Waals surface area contributed by atoms with Crippen molar-refractivity contribution in [3.8, 4) is 11.8 Å². The van der Waals surface area contributed by atoms with Crippen molar-refractivity contribution in [1.29, 1.82) is 5.26 Å². The first kappa shape index (κ1) is 18.7. The Balaban J connectivity index is 2.75. The molecule has 0 fully saturated rings. The number of benzene rings is 1. The van der Waals surface area contributed by atoms with Crippen LogP contribution in [0.3, 0.4) is 0 Å². The second kappa shape index (κ2) is 8.35. The zero-order chi connectivity index (χ0) is 17.5. The molecule has 0 saturated carbocycles. The van der Waals surface area contributed by atoms with E-state index in [1.54, 1.807) is 24.3 Å². The van der Waals surface area contributed by atoms with Crippen molar-refractivity contribution >= 4 is 12.0 Å². The van der Waals surface area contributed by atoms with E-state index in [1.807, 2.05) is 33.8 Å². The molecule has 0 radical (unpaired) electrons. The molecule has 0 aliphatic carbocycles. The molecule has 1 rings (SSSR count). The maximum absolute atomic E-state index is 12.0. The zero-order valence-electron chi connectivity index (χ0n) is 14.1. The van der Waals surface area contributed by atoms with Crippen LogP contribution in [-0.4, -0.2) is 30.3 Å². The number of nitriles is 1. The minimum atomic E-state index is -0.683. The van der Waals surface area contributed by atoms with Crippen molar-refractivity contribution < 1.29 is 14.6 Å². The minimum absolute atomic E-state index is 0.00438. The third kappa shape index (κ3) is 6.13. The summed E-state index contributed by atoms with van der Waals surface area (Å²) in [6.45, 7) is 8.22. The summed E-state index contributed by atoms with van der Waals surface area (Å²) in [5.41, 5.74) is 0.394. The number of ether oxygens (including phenoxy) is 1. The molecular weight excluding hydrogens is 292 g/mol. The predicted molar refractivity (Wildman–Crippen MR) is 89.7 cm³/mol. The van der Waals surface area contributed by atoms with Crippen molar-refractivity contribution in [3.63, 3.8) is 0 Å². The van der Waals surface area contributed by atoms with Crippen molar-refractivity contribution in [2.24, 2.45) is 5.41 Å². The van der Waals surface area contributed by atoms with Crippen molar-refractivity contribution in [2.45, 2.75) is 33.8 Å². The number of carbonyl (C=O) groups is 1. The summed E-state index contributed by atoms with van der Waals surface area (Å²) in [6, 6.07) is 9.01. The van der Waals surface area contributed by atoms with Gasteiger partial charge in [0.1, 0.15) is 17.4 Å². The first-order valence-corrected chi connectivity index (χ1v) is 7.59. The highest BCUT2D eigenvalue weighted by atomic mass is 16.5. The average Bonchev–Trinajstić information content (AvgIpc) is 2.50. The number of nitrogens with one attached hydrogen (secondary N) is 1. The summed E-state index contributed by atoms with van der Waals surface area (Å²) in [7, 11) is 0. The van der Waals surface area contributed by atoms with Crippen LogP contribution in [0.15, 0.2) is 29.8 Å². The van der Waals surface area contributed by atoms with Crippen LogP contribution in [0.4, 0.5) is 0 Å². The third-order valence-corrected chi connectivity index (χ3v) is 3.32. The minimum Gasteiger partial charge on any atom is -0.494 e. The second-order valence-electron chi connectivity index (χ2n) is 6.26. The fraction of sp³-hybridized carbons (Fsp3) is 0.444. The van der Waals surface area contributed by atoms with E-state index < -0.39 is 12.0 Å². The van der Waals surface area contributed by atoms with Gasteiger partial charge in [0.05, 0.1) is 12.7 Å². The molecule has 1 atom stereocenters. The number of nitrogens with zero attached hydrogens (tertiary/aromatic N) is 1. The lowest BCUT2D eigenvalue weighted by Crippen LogP contribution is -2.39. The van der Waals surface area contributed by atoms with E-state index in [-0.39, 0.29) is 17.5 Å². The van der Waals surface area contributed by atoms with Crippen molar-refractivity contribution in [2.75, 3.05) is 13.2 Å². The molecular formula is C18H24N2O3. The van der Waals surface area contributed by atoms with Crippen LogP contribution < -0.4 is 10.1 Å². The molecule has 1 amide bonds. The molecule has 5 nitrogen and oxygen atoms in total. The van der Waals surface area contributed by atoms with E-state index in [4.69, 9.17) is 10.00 Å². The molecule has 2 N–H and O–H groups in total. The first-order chi connectivity index (χ1) is 10.8. The second-order valence-corrected chi connectivity index (χ2v) is 6.26. The van der Waals surface area contributed by atoms with Crippen LogP contribution in [0.5, 0.6) is 5.75 Å². The fourth-order valence-corrected chi connectivity index (χ4v) is 1.73. The number of rotatable bonds is 6. The Kier molecular flexibility index (Phi) is 6.80. The van der Waals surface area contributed by atoms with Crippen LogP contribution in [0, 0.1) is 16.7 Å². The normalized spacial score (nSPS) is 13.1.